The van der Waals surface area contributed by atoms with Crippen LogP contribution in [-0.2, 0) is 14.8 Å². The molecule has 31 heavy (non-hydrogen) atoms. The summed E-state index contributed by atoms with van der Waals surface area (Å²) in [6.45, 7) is 5.42. The lowest BCUT2D eigenvalue weighted by molar-refractivity contribution is -0.120. The number of amides is 1. The maximum Gasteiger partial charge on any atom is 0.264 e. The van der Waals surface area contributed by atoms with Gasteiger partial charge in [-0.05, 0) is 49.6 Å². The third-order valence-electron chi connectivity index (χ3n) is 5.23. The maximum absolute atomic E-state index is 13.5. The van der Waals surface area contributed by atoms with E-state index in [2.05, 4.69) is 5.32 Å². The minimum Gasteiger partial charge on any atom is -0.348 e. The van der Waals surface area contributed by atoms with Crippen LogP contribution in [0.1, 0.15) is 36.1 Å². The third-order valence-corrected chi connectivity index (χ3v) is 7.00. The Morgan fingerprint density at radius 2 is 1.52 bits per heavy atom. The van der Waals surface area contributed by atoms with Gasteiger partial charge in [0, 0.05) is 0 Å². The van der Waals surface area contributed by atoms with Crippen molar-refractivity contribution in [1.82, 2.24) is 5.32 Å². The number of hydrogen-bond donors (Lipinski definition) is 1. The van der Waals surface area contributed by atoms with E-state index in [-0.39, 0.29) is 23.4 Å². The summed E-state index contributed by atoms with van der Waals surface area (Å²) < 4.78 is 28.2. The molecule has 5 nitrogen and oxygen atoms in total. The number of aryl methyl sites for hydroxylation is 2. The Morgan fingerprint density at radius 1 is 0.903 bits per heavy atom. The number of sulfonamides is 1. The van der Waals surface area contributed by atoms with Gasteiger partial charge >= 0.3 is 0 Å². The molecule has 0 radical (unpaired) electrons. The summed E-state index contributed by atoms with van der Waals surface area (Å²) in [6.07, 6.45) is 0.699. The molecule has 0 bridgehead atoms. The highest BCUT2D eigenvalue weighted by atomic mass is 32.2. The highest BCUT2D eigenvalue weighted by molar-refractivity contribution is 7.92. The van der Waals surface area contributed by atoms with Gasteiger partial charge in [-0.3, -0.25) is 9.10 Å². The SMILES string of the molecule is CCC(NC(=O)CN(c1ccccc1C)S(=O)(=O)c1ccc(C)cc1)c1ccccc1. The summed E-state index contributed by atoms with van der Waals surface area (Å²) in [5.41, 5.74) is 3.22. The van der Waals surface area contributed by atoms with E-state index in [1.165, 1.54) is 4.31 Å². The van der Waals surface area contributed by atoms with E-state index < -0.39 is 10.0 Å². The highest BCUT2D eigenvalue weighted by Crippen LogP contribution is 2.27. The maximum atomic E-state index is 13.5. The minimum atomic E-state index is -3.92. The molecule has 1 N–H and O–H groups in total. The Morgan fingerprint density at radius 3 is 2.13 bits per heavy atom. The van der Waals surface area contributed by atoms with Crippen LogP contribution in [0, 0.1) is 13.8 Å². The zero-order valence-corrected chi connectivity index (χ0v) is 18.9. The normalized spacial score (nSPS) is 12.2. The predicted molar refractivity (Wildman–Crippen MR) is 125 cm³/mol. The molecule has 0 spiro atoms. The molecule has 162 valence electrons. The Balaban J connectivity index is 1.93. The summed E-state index contributed by atoms with van der Waals surface area (Å²) in [5, 5.41) is 2.99. The van der Waals surface area contributed by atoms with Crippen molar-refractivity contribution < 1.29 is 13.2 Å². The molecule has 0 fully saturated rings. The molecular weight excluding hydrogens is 408 g/mol. The topological polar surface area (TPSA) is 66.5 Å². The molecule has 3 aromatic rings. The van der Waals surface area contributed by atoms with Gasteiger partial charge in [-0.2, -0.15) is 0 Å². The number of nitrogens with zero attached hydrogens (tertiary/aromatic N) is 1. The lowest BCUT2D eigenvalue weighted by atomic mass is 10.0. The molecule has 0 aliphatic rings. The van der Waals surface area contributed by atoms with Gasteiger partial charge in [0.25, 0.3) is 10.0 Å². The van der Waals surface area contributed by atoms with Gasteiger partial charge < -0.3 is 5.32 Å². The molecule has 3 rings (SSSR count). The number of nitrogens with one attached hydrogen (secondary N) is 1. The molecule has 0 heterocycles. The van der Waals surface area contributed by atoms with E-state index in [0.29, 0.717) is 12.1 Å². The quantitative estimate of drug-likeness (QED) is 0.553. The van der Waals surface area contributed by atoms with Crippen molar-refractivity contribution in [2.75, 3.05) is 10.8 Å². The summed E-state index contributed by atoms with van der Waals surface area (Å²) in [5.74, 6) is -0.352. The summed E-state index contributed by atoms with van der Waals surface area (Å²) in [7, 11) is -3.92. The van der Waals surface area contributed by atoms with Gasteiger partial charge in [-0.25, -0.2) is 8.42 Å². The number of para-hydroxylation sites is 1. The van der Waals surface area contributed by atoms with E-state index in [4.69, 9.17) is 0 Å². The summed E-state index contributed by atoms with van der Waals surface area (Å²) in [4.78, 5) is 13.2. The van der Waals surface area contributed by atoms with E-state index in [0.717, 1.165) is 16.7 Å². The highest BCUT2D eigenvalue weighted by Gasteiger charge is 2.28. The van der Waals surface area contributed by atoms with Crippen LogP contribution in [-0.4, -0.2) is 20.9 Å². The van der Waals surface area contributed by atoms with Gasteiger partial charge in [-0.15, -0.1) is 0 Å². The van der Waals surface area contributed by atoms with Crippen molar-refractivity contribution in [2.24, 2.45) is 0 Å². The van der Waals surface area contributed by atoms with Crippen LogP contribution in [0.4, 0.5) is 5.69 Å². The van der Waals surface area contributed by atoms with Crippen molar-refractivity contribution in [1.29, 1.82) is 0 Å². The predicted octanol–water partition coefficient (Wildman–Crippen LogP) is 4.77. The van der Waals surface area contributed by atoms with Gasteiger partial charge in [0.2, 0.25) is 5.91 Å². The second kappa shape index (κ2) is 9.79. The number of anilines is 1. The first-order chi connectivity index (χ1) is 14.8. The number of rotatable bonds is 8. The molecule has 1 atom stereocenters. The number of hydrogen-bond acceptors (Lipinski definition) is 3. The fourth-order valence-electron chi connectivity index (χ4n) is 3.46. The Labute approximate surface area is 184 Å². The lowest BCUT2D eigenvalue weighted by Gasteiger charge is -2.27. The van der Waals surface area contributed by atoms with Crippen molar-refractivity contribution in [2.45, 2.75) is 38.1 Å². The molecule has 6 heteroatoms. The first-order valence-corrected chi connectivity index (χ1v) is 11.8. The van der Waals surface area contributed by atoms with Gasteiger partial charge in [0.15, 0.2) is 0 Å². The van der Waals surface area contributed by atoms with E-state index in [9.17, 15) is 13.2 Å². The second-order valence-corrected chi connectivity index (χ2v) is 9.41. The van der Waals surface area contributed by atoms with Crippen LogP contribution in [0.3, 0.4) is 0 Å². The van der Waals surface area contributed by atoms with Crippen LogP contribution in [0.2, 0.25) is 0 Å². The van der Waals surface area contributed by atoms with E-state index >= 15 is 0 Å². The number of benzene rings is 3. The molecule has 0 aromatic heterocycles. The molecule has 1 amide bonds. The largest absolute Gasteiger partial charge is 0.348 e. The molecule has 0 aliphatic carbocycles. The van der Waals surface area contributed by atoms with Crippen molar-refractivity contribution in [3.05, 3.63) is 95.6 Å². The van der Waals surface area contributed by atoms with Crippen LogP contribution in [0.5, 0.6) is 0 Å². The van der Waals surface area contributed by atoms with E-state index in [1.54, 1.807) is 36.4 Å². The van der Waals surface area contributed by atoms with Gasteiger partial charge in [0.1, 0.15) is 6.54 Å². The molecule has 1 unspecified atom stereocenters. The Hall–Kier alpha value is -3.12. The van der Waals surface area contributed by atoms with Gasteiger partial charge in [0.05, 0.1) is 16.6 Å². The van der Waals surface area contributed by atoms with E-state index in [1.807, 2.05) is 63.2 Å². The molecule has 0 saturated heterocycles. The van der Waals surface area contributed by atoms with Gasteiger partial charge in [-0.1, -0.05) is 73.2 Å². The van der Waals surface area contributed by atoms with Crippen molar-refractivity contribution in [3.63, 3.8) is 0 Å². The fourth-order valence-corrected chi connectivity index (χ4v) is 4.94. The van der Waals surface area contributed by atoms with Crippen LogP contribution >= 0.6 is 0 Å². The smallest absolute Gasteiger partial charge is 0.264 e. The number of carbonyl (C=O) groups excluding carboxylic acids is 1. The third kappa shape index (κ3) is 5.33. The first kappa shape index (κ1) is 22.6. The molecular formula is C25H28N2O3S. The van der Waals surface area contributed by atoms with Crippen LogP contribution in [0.25, 0.3) is 0 Å². The second-order valence-electron chi connectivity index (χ2n) is 7.55. The average molecular weight is 437 g/mol. The average Bonchev–Trinajstić information content (AvgIpc) is 2.77. The monoisotopic (exact) mass is 436 g/mol. The minimum absolute atomic E-state index is 0.157. The standard InChI is InChI=1S/C25H28N2O3S/c1-4-23(21-11-6-5-7-12-21)26-25(28)18-27(24-13-9-8-10-20(24)3)31(29,30)22-16-14-19(2)15-17-22/h5-17,23H,4,18H2,1-3H3,(H,26,28). The molecule has 0 aliphatic heterocycles. The fraction of sp³-hybridized carbons (Fsp3) is 0.240. The molecule has 0 saturated carbocycles. The van der Waals surface area contributed by atoms with Crippen LogP contribution in [0.15, 0.2) is 83.8 Å². The summed E-state index contributed by atoms with van der Waals surface area (Å²) >= 11 is 0. The van der Waals surface area contributed by atoms with Crippen molar-refractivity contribution in [3.8, 4) is 0 Å². The van der Waals surface area contributed by atoms with Crippen LogP contribution < -0.4 is 9.62 Å². The molecule has 3 aromatic carbocycles. The zero-order chi connectivity index (χ0) is 22.4. The zero-order valence-electron chi connectivity index (χ0n) is 18.1. The Kier molecular flexibility index (Phi) is 7.13. The first-order valence-electron chi connectivity index (χ1n) is 10.3. The summed E-state index contributed by atoms with van der Waals surface area (Å²) in [6, 6.07) is 23.3. The Bertz CT molecular complexity index is 1130. The number of carbonyl (C=O) groups is 1. The lowest BCUT2D eigenvalue weighted by Crippen LogP contribution is -2.42. The van der Waals surface area contributed by atoms with Crippen molar-refractivity contribution >= 4 is 21.6 Å².